The second-order valence-corrected chi connectivity index (χ2v) is 6.29. The van der Waals surface area contributed by atoms with Crippen molar-refractivity contribution in [2.75, 3.05) is 13.2 Å². The highest BCUT2D eigenvalue weighted by atomic mass is 16.3. The van der Waals surface area contributed by atoms with E-state index in [0.717, 1.165) is 12.6 Å². The first-order valence-electron chi connectivity index (χ1n) is 7.69. The molecule has 2 aliphatic rings. The quantitative estimate of drug-likeness (QED) is 0.789. The van der Waals surface area contributed by atoms with E-state index in [2.05, 4.69) is 5.32 Å². The van der Waals surface area contributed by atoms with Gasteiger partial charge >= 0.3 is 0 Å². The zero-order valence-electron chi connectivity index (χ0n) is 11.2. The van der Waals surface area contributed by atoms with Crippen LogP contribution in [0.25, 0.3) is 0 Å². The highest BCUT2D eigenvalue weighted by molar-refractivity contribution is 4.87. The summed E-state index contributed by atoms with van der Waals surface area (Å²) in [7, 11) is 0. The molecule has 0 unspecified atom stereocenters. The Labute approximate surface area is 106 Å². The Hall–Kier alpha value is -0.0800. The minimum atomic E-state index is 0.225. The summed E-state index contributed by atoms with van der Waals surface area (Å²) in [6.07, 6.45) is 14.8. The van der Waals surface area contributed by atoms with E-state index in [0.29, 0.717) is 6.61 Å². The van der Waals surface area contributed by atoms with Gasteiger partial charge in [0.15, 0.2) is 0 Å². The monoisotopic (exact) mass is 239 g/mol. The van der Waals surface area contributed by atoms with Crippen LogP contribution in [0.15, 0.2) is 0 Å². The Balaban J connectivity index is 1.75. The van der Waals surface area contributed by atoms with Crippen molar-refractivity contribution in [1.29, 1.82) is 0 Å². The van der Waals surface area contributed by atoms with Crippen LogP contribution in [0.3, 0.4) is 0 Å². The van der Waals surface area contributed by atoms with Gasteiger partial charge in [-0.3, -0.25) is 0 Å². The number of hydrogen-bond acceptors (Lipinski definition) is 2. The molecule has 2 aliphatic carbocycles. The van der Waals surface area contributed by atoms with Gasteiger partial charge in [-0.05, 0) is 25.7 Å². The van der Waals surface area contributed by atoms with Crippen molar-refractivity contribution >= 4 is 0 Å². The van der Waals surface area contributed by atoms with Crippen LogP contribution in [0.4, 0.5) is 0 Å². The average molecular weight is 239 g/mol. The summed E-state index contributed by atoms with van der Waals surface area (Å²) in [5.41, 5.74) is 0.225. The minimum Gasteiger partial charge on any atom is -0.396 e. The number of hydrogen-bond donors (Lipinski definition) is 2. The predicted octanol–water partition coefficient (Wildman–Crippen LogP) is 3.24. The molecule has 2 rings (SSSR count). The number of aliphatic hydroxyl groups excluding tert-OH is 1. The first kappa shape index (κ1) is 13.4. The average Bonchev–Trinajstić information content (AvgIpc) is 2.77. The van der Waals surface area contributed by atoms with E-state index < -0.39 is 0 Å². The molecule has 0 aromatic rings. The Kier molecular flexibility index (Phi) is 5.30. The molecule has 2 N–H and O–H groups in total. The fourth-order valence-electron chi connectivity index (χ4n) is 3.54. The molecule has 0 amide bonds. The molecular weight excluding hydrogens is 210 g/mol. The van der Waals surface area contributed by atoms with E-state index in [1.54, 1.807) is 0 Å². The highest BCUT2D eigenvalue weighted by Gasteiger charge is 2.33. The predicted molar refractivity (Wildman–Crippen MR) is 72.1 cm³/mol. The molecule has 0 atom stereocenters. The smallest absolute Gasteiger partial charge is 0.0499 e. The summed E-state index contributed by atoms with van der Waals surface area (Å²) >= 11 is 0. The second-order valence-electron chi connectivity index (χ2n) is 6.29. The van der Waals surface area contributed by atoms with Gasteiger partial charge < -0.3 is 10.4 Å². The molecule has 0 heterocycles. The first-order chi connectivity index (χ1) is 8.35. The lowest BCUT2D eigenvalue weighted by Crippen LogP contribution is -2.40. The maximum Gasteiger partial charge on any atom is 0.0499 e. The molecule has 0 aliphatic heterocycles. The topological polar surface area (TPSA) is 32.3 Å². The van der Waals surface area contributed by atoms with Gasteiger partial charge in [0.25, 0.3) is 0 Å². The highest BCUT2D eigenvalue weighted by Crippen LogP contribution is 2.37. The fourth-order valence-corrected chi connectivity index (χ4v) is 3.54. The standard InChI is InChI=1S/C15H29NO/c17-13-15(10-6-7-11-15)12-16-14-8-4-2-1-3-5-9-14/h14,16-17H,1-13H2. The van der Waals surface area contributed by atoms with Crippen molar-refractivity contribution in [3.05, 3.63) is 0 Å². The van der Waals surface area contributed by atoms with Crippen molar-refractivity contribution in [3.63, 3.8) is 0 Å². The molecule has 2 nitrogen and oxygen atoms in total. The Bertz CT molecular complexity index is 203. The Morgan fingerprint density at radius 3 is 2.06 bits per heavy atom. The maximum absolute atomic E-state index is 9.61. The molecule has 0 radical (unpaired) electrons. The van der Waals surface area contributed by atoms with Crippen molar-refractivity contribution in [3.8, 4) is 0 Å². The molecule has 17 heavy (non-hydrogen) atoms. The Morgan fingerprint density at radius 1 is 0.882 bits per heavy atom. The van der Waals surface area contributed by atoms with Crippen LogP contribution in [0.2, 0.25) is 0 Å². The normalized spacial score (nSPS) is 26.6. The van der Waals surface area contributed by atoms with Crippen LogP contribution < -0.4 is 5.32 Å². The van der Waals surface area contributed by atoms with Crippen molar-refractivity contribution < 1.29 is 5.11 Å². The summed E-state index contributed by atoms with van der Waals surface area (Å²) in [5, 5.41) is 13.4. The van der Waals surface area contributed by atoms with Gasteiger partial charge in [-0.25, -0.2) is 0 Å². The van der Waals surface area contributed by atoms with Gasteiger partial charge in [-0.2, -0.15) is 0 Å². The zero-order chi connectivity index (χ0) is 12.0. The lowest BCUT2D eigenvalue weighted by Gasteiger charge is -2.30. The van der Waals surface area contributed by atoms with Gasteiger partial charge in [0.2, 0.25) is 0 Å². The van der Waals surface area contributed by atoms with Crippen LogP contribution in [0.1, 0.15) is 70.6 Å². The fraction of sp³-hybridized carbons (Fsp3) is 1.00. The molecular formula is C15H29NO. The van der Waals surface area contributed by atoms with Crippen molar-refractivity contribution in [1.82, 2.24) is 5.32 Å². The lowest BCUT2D eigenvalue weighted by molar-refractivity contribution is 0.123. The molecule has 0 saturated heterocycles. The largest absolute Gasteiger partial charge is 0.396 e. The summed E-state index contributed by atoms with van der Waals surface area (Å²) in [6, 6.07) is 0.722. The van der Waals surface area contributed by atoms with Crippen LogP contribution in [0, 0.1) is 5.41 Å². The lowest BCUT2D eigenvalue weighted by atomic mass is 9.86. The van der Waals surface area contributed by atoms with Crippen molar-refractivity contribution in [2.24, 2.45) is 5.41 Å². The van der Waals surface area contributed by atoms with Gasteiger partial charge in [-0.15, -0.1) is 0 Å². The molecule has 100 valence electrons. The third-order valence-corrected chi connectivity index (χ3v) is 4.87. The maximum atomic E-state index is 9.61. The van der Waals surface area contributed by atoms with E-state index in [1.807, 2.05) is 0 Å². The first-order valence-corrected chi connectivity index (χ1v) is 7.69. The van der Waals surface area contributed by atoms with E-state index in [1.165, 1.54) is 70.6 Å². The van der Waals surface area contributed by atoms with Gasteiger partial charge in [0, 0.05) is 24.6 Å². The van der Waals surface area contributed by atoms with Crippen molar-refractivity contribution in [2.45, 2.75) is 76.7 Å². The zero-order valence-corrected chi connectivity index (χ0v) is 11.2. The van der Waals surface area contributed by atoms with Crippen LogP contribution in [-0.2, 0) is 0 Å². The number of aliphatic hydroxyl groups is 1. The second kappa shape index (κ2) is 6.75. The molecule has 2 heteroatoms. The SMILES string of the molecule is OCC1(CNC2CCCCCCC2)CCCC1. The molecule has 0 bridgehead atoms. The van der Waals surface area contributed by atoms with Gasteiger partial charge in [0.05, 0.1) is 0 Å². The van der Waals surface area contributed by atoms with Gasteiger partial charge in [-0.1, -0.05) is 44.9 Å². The van der Waals surface area contributed by atoms with E-state index in [-0.39, 0.29) is 5.41 Å². The van der Waals surface area contributed by atoms with Crippen LogP contribution in [-0.4, -0.2) is 24.3 Å². The molecule has 0 spiro atoms. The summed E-state index contributed by atoms with van der Waals surface area (Å²) < 4.78 is 0. The summed E-state index contributed by atoms with van der Waals surface area (Å²) in [4.78, 5) is 0. The third-order valence-electron chi connectivity index (χ3n) is 4.87. The molecule has 2 saturated carbocycles. The Morgan fingerprint density at radius 2 is 1.47 bits per heavy atom. The van der Waals surface area contributed by atoms with Crippen LogP contribution in [0.5, 0.6) is 0 Å². The minimum absolute atomic E-state index is 0.225. The number of rotatable bonds is 4. The van der Waals surface area contributed by atoms with E-state index in [9.17, 15) is 5.11 Å². The van der Waals surface area contributed by atoms with E-state index >= 15 is 0 Å². The van der Waals surface area contributed by atoms with Crippen LogP contribution >= 0.6 is 0 Å². The van der Waals surface area contributed by atoms with Gasteiger partial charge in [0.1, 0.15) is 0 Å². The molecule has 2 fully saturated rings. The third kappa shape index (κ3) is 3.96. The molecule has 0 aromatic carbocycles. The summed E-state index contributed by atoms with van der Waals surface area (Å²) in [6.45, 7) is 1.43. The number of nitrogens with one attached hydrogen (secondary N) is 1. The summed E-state index contributed by atoms with van der Waals surface area (Å²) in [5.74, 6) is 0. The molecule has 0 aromatic heterocycles. The van der Waals surface area contributed by atoms with E-state index in [4.69, 9.17) is 0 Å².